The number of carbonyl (C=O) groups excluding carboxylic acids is 1. The van der Waals surface area contributed by atoms with Gasteiger partial charge in [0.1, 0.15) is 12.2 Å². The molecule has 0 aromatic carbocycles. The van der Waals surface area contributed by atoms with Crippen LogP contribution in [0.2, 0.25) is 0 Å². The molecule has 1 saturated heterocycles. The second kappa shape index (κ2) is 11.1. The van der Waals surface area contributed by atoms with Gasteiger partial charge in [-0.05, 0) is 25.7 Å². The quantitative estimate of drug-likeness (QED) is 0.414. The highest BCUT2D eigenvalue weighted by atomic mass is 32.1. The van der Waals surface area contributed by atoms with Crippen LogP contribution in [-0.4, -0.2) is 70.3 Å². The molecule has 2 aliphatic rings. The van der Waals surface area contributed by atoms with Gasteiger partial charge in [0.15, 0.2) is 0 Å². The maximum absolute atomic E-state index is 12.6. The molecule has 2 atom stereocenters. The van der Waals surface area contributed by atoms with E-state index in [9.17, 15) is 4.79 Å². The third-order valence-electron chi connectivity index (χ3n) is 6.32. The van der Waals surface area contributed by atoms with Crippen molar-refractivity contribution in [3.05, 3.63) is 11.8 Å². The number of aromatic nitrogens is 2. The van der Waals surface area contributed by atoms with Crippen LogP contribution in [0, 0.1) is 0 Å². The Balaban J connectivity index is 1.58. The Bertz CT molecular complexity index is 717. The van der Waals surface area contributed by atoms with Gasteiger partial charge >= 0.3 is 6.09 Å². The average Bonchev–Trinajstić information content (AvgIpc) is 3.23. The lowest BCUT2D eigenvalue weighted by molar-refractivity contribution is -0.944. The Kier molecular flexibility index (Phi) is 8.50. The number of unbranched alkanes of at least 4 members (excludes halogenated alkanes) is 3. The van der Waals surface area contributed by atoms with Gasteiger partial charge in [-0.2, -0.15) is 4.37 Å². The monoisotopic (exact) mass is 437 g/mol. The molecule has 8 heteroatoms. The molecule has 0 aliphatic carbocycles. The van der Waals surface area contributed by atoms with E-state index < -0.39 is 0 Å². The molecule has 1 aromatic heterocycles. The summed E-state index contributed by atoms with van der Waals surface area (Å²) in [6.07, 6.45) is 10.8. The summed E-state index contributed by atoms with van der Waals surface area (Å²) in [4.78, 5) is 14.4. The molecule has 7 nitrogen and oxygen atoms in total. The third-order valence-corrected chi connectivity index (χ3v) is 6.84. The van der Waals surface area contributed by atoms with Crippen molar-refractivity contribution in [3.63, 3.8) is 0 Å². The first-order chi connectivity index (χ1) is 14.5. The maximum Gasteiger partial charge on any atom is 0.414 e. The summed E-state index contributed by atoms with van der Waals surface area (Å²) in [5.41, 5.74) is 2.00. The molecule has 0 bridgehead atoms. The number of piperidine rings is 1. The fraction of sp³-hybridized carbons (Fsp3) is 0.773. The van der Waals surface area contributed by atoms with E-state index in [-0.39, 0.29) is 12.3 Å². The standard InChI is InChI=1S/C22H37N4O3S/c1-4-5-6-10-16-28-21-20(23-30-24-21)19-12-11-15-26(3,17-19)18(2)29-22(27)25-13-8-7-9-14-25/h12,18H,4-11,13-17H2,1-3H3/q+1/t18-,26?/m0/s1. The molecule has 0 saturated carbocycles. The second-order valence-electron chi connectivity index (χ2n) is 8.74. The summed E-state index contributed by atoms with van der Waals surface area (Å²) in [7, 11) is 2.16. The van der Waals surface area contributed by atoms with E-state index in [1.807, 2.05) is 11.8 Å². The molecule has 30 heavy (non-hydrogen) atoms. The van der Waals surface area contributed by atoms with Crippen molar-refractivity contribution in [1.29, 1.82) is 0 Å². The lowest BCUT2D eigenvalue weighted by Gasteiger charge is -2.42. The molecule has 0 N–H and O–H groups in total. The number of carbonyl (C=O) groups is 1. The van der Waals surface area contributed by atoms with E-state index in [0.29, 0.717) is 17.0 Å². The van der Waals surface area contributed by atoms with Crippen molar-refractivity contribution in [3.8, 4) is 5.88 Å². The number of hydrogen-bond acceptors (Lipinski definition) is 6. The van der Waals surface area contributed by atoms with Crippen LogP contribution in [0.25, 0.3) is 5.57 Å². The summed E-state index contributed by atoms with van der Waals surface area (Å²) in [5, 5.41) is 0. The molecule has 1 aromatic rings. The number of nitrogens with zero attached hydrogens (tertiary/aromatic N) is 4. The first-order valence-corrected chi connectivity index (χ1v) is 12.2. The minimum absolute atomic E-state index is 0.177. The van der Waals surface area contributed by atoms with E-state index in [1.165, 1.54) is 37.4 Å². The predicted molar refractivity (Wildman–Crippen MR) is 119 cm³/mol. The van der Waals surface area contributed by atoms with Gasteiger partial charge in [-0.15, -0.1) is 4.37 Å². The number of likely N-dealkylation sites (N-methyl/N-ethyl adjacent to an activating group) is 1. The van der Waals surface area contributed by atoms with Gasteiger partial charge in [0.05, 0.1) is 31.9 Å². The molecular weight excluding hydrogens is 400 g/mol. The van der Waals surface area contributed by atoms with Gasteiger partial charge in [0.2, 0.25) is 6.23 Å². The van der Waals surface area contributed by atoms with Gasteiger partial charge in [-0.25, -0.2) is 4.79 Å². The predicted octanol–water partition coefficient (Wildman–Crippen LogP) is 4.70. The summed E-state index contributed by atoms with van der Waals surface area (Å²) < 4.78 is 21.4. The fourth-order valence-electron chi connectivity index (χ4n) is 4.14. The SMILES string of the molecule is CCCCCCOc1nsnc1C1=CCC[N+](C)([C@H](C)OC(=O)N2CCCCC2)C1. The first kappa shape index (κ1) is 23.0. The molecule has 3 heterocycles. The number of likely N-dealkylation sites (tertiary alicyclic amines) is 1. The van der Waals surface area contributed by atoms with Gasteiger partial charge in [0, 0.05) is 32.0 Å². The normalized spacial score (nSPS) is 23.0. The lowest BCUT2D eigenvalue weighted by atomic mass is 10.0. The Morgan fingerprint density at radius 1 is 1.23 bits per heavy atom. The molecule has 1 amide bonds. The van der Waals surface area contributed by atoms with Gasteiger partial charge in [-0.3, -0.25) is 4.48 Å². The van der Waals surface area contributed by atoms with Crippen molar-refractivity contribution in [2.45, 2.75) is 71.4 Å². The van der Waals surface area contributed by atoms with E-state index >= 15 is 0 Å². The summed E-state index contributed by atoms with van der Waals surface area (Å²) in [6, 6.07) is 0. The van der Waals surface area contributed by atoms with Crippen LogP contribution in [-0.2, 0) is 4.74 Å². The van der Waals surface area contributed by atoms with Gasteiger partial charge in [0.25, 0.3) is 5.88 Å². The number of ether oxygens (including phenoxy) is 2. The van der Waals surface area contributed by atoms with Crippen molar-refractivity contribution in [2.24, 2.45) is 0 Å². The molecular formula is C22H37N4O3S+. The average molecular weight is 438 g/mol. The Morgan fingerprint density at radius 2 is 2.03 bits per heavy atom. The molecule has 168 valence electrons. The Hall–Kier alpha value is -1.67. The number of quaternary nitrogens is 1. The van der Waals surface area contributed by atoms with Crippen molar-refractivity contribution in [1.82, 2.24) is 13.6 Å². The number of rotatable bonds is 9. The zero-order chi connectivity index (χ0) is 21.4. The Morgan fingerprint density at radius 3 is 2.80 bits per heavy atom. The van der Waals surface area contributed by atoms with Crippen LogP contribution in [0.4, 0.5) is 4.79 Å². The van der Waals surface area contributed by atoms with Gasteiger partial charge in [-0.1, -0.05) is 32.3 Å². The number of hydrogen-bond donors (Lipinski definition) is 0. The summed E-state index contributed by atoms with van der Waals surface area (Å²) >= 11 is 1.20. The van der Waals surface area contributed by atoms with E-state index in [4.69, 9.17) is 9.47 Å². The van der Waals surface area contributed by atoms with Crippen LogP contribution in [0.15, 0.2) is 6.08 Å². The van der Waals surface area contributed by atoms with E-state index in [0.717, 1.165) is 63.1 Å². The summed E-state index contributed by atoms with van der Waals surface area (Å²) in [6.45, 7) is 8.21. The fourth-order valence-corrected chi connectivity index (χ4v) is 4.67. The molecule has 1 fully saturated rings. The molecule has 0 spiro atoms. The zero-order valence-corrected chi connectivity index (χ0v) is 19.6. The third kappa shape index (κ3) is 5.94. The highest BCUT2D eigenvalue weighted by Crippen LogP contribution is 2.31. The van der Waals surface area contributed by atoms with Crippen molar-refractivity contribution >= 4 is 23.4 Å². The van der Waals surface area contributed by atoms with E-state index in [1.54, 1.807) is 0 Å². The lowest BCUT2D eigenvalue weighted by Crippen LogP contribution is -2.56. The topological polar surface area (TPSA) is 64.6 Å². The van der Waals surface area contributed by atoms with Crippen molar-refractivity contribution < 1.29 is 18.8 Å². The van der Waals surface area contributed by atoms with Crippen LogP contribution < -0.4 is 4.74 Å². The molecule has 1 unspecified atom stereocenters. The minimum atomic E-state index is -0.215. The molecule has 2 aliphatic heterocycles. The zero-order valence-electron chi connectivity index (χ0n) is 18.8. The Labute approximate surface area is 185 Å². The molecule has 3 rings (SSSR count). The summed E-state index contributed by atoms with van der Waals surface area (Å²) in [5.74, 6) is 0.647. The van der Waals surface area contributed by atoms with Crippen molar-refractivity contribution in [2.75, 3.05) is 39.8 Å². The number of amides is 1. The van der Waals surface area contributed by atoms with Crippen LogP contribution in [0.1, 0.15) is 70.9 Å². The van der Waals surface area contributed by atoms with Crippen LogP contribution >= 0.6 is 11.7 Å². The van der Waals surface area contributed by atoms with Crippen LogP contribution in [0.5, 0.6) is 5.88 Å². The largest absolute Gasteiger partial charge is 0.475 e. The van der Waals surface area contributed by atoms with E-state index in [2.05, 4.69) is 28.8 Å². The smallest absolute Gasteiger partial charge is 0.414 e. The highest BCUT2D eigenvalue weighted by Gasteiger charge is 2.37. The van der Waals surface area contributed by atoms with Crippen LogP contribution in [0.3, 0.4) is 0 Å². The minimum Gasteiger partial charge on any atom is -0.475 e. The highest BCUT2D eigenvalue weighted by molar-refractivity contribution is 6.99. The maximum atomic E-state index is 12.6. The van der Waals surface area contributed by atoms with Gasteiger partial charge < -0.3 is 14.4 Å². The first-order valence-electron chi connectivity index (χ1n) is 11.5. The second-order valence-corrected chi connectivity index (χ2v) is 9.27. The molecule has 0 radical (unpaired) electrons.